The van der Waals surface area contributed by atoms with Crippen LogP contribution in [0, 0.1) is 0 Å². The van der Waals surface area contributed by atoms with Crippen molar-refractivity contribution < 1.29 is 0 Å². The van der Waals surface area contributed by atoms with Crippen LogP contribution in [0.4, 0.5) is 5.69 Å². The van der Waals surface area contributed by atoms with E-state index in [1.807, 2.05) is 0 Å². The summed E-state index contributed by atoms with van der Waals surface area (Å²) in [7, 11) is 0. The van der Waals surface area contributed by atoms with Gasteiger partial charge in [-0.3, -0.25) is 0 Å². The highest BCUT2D eigenvalue weighted by Gasteiger charge is 2.15. The van der Waals surface area contributed by atoms with Crippen LogP contribution in [0.1, 0.15) is 49.8 Å². The highest BCUT2D eigenvalue weighted by atomic mass is 15.3. The molecule has 4 heteroatoms. The van der Waals surface area contributed by atoms with Crippen molar-refractivity contribution in [3.8, 4) is 0 Å². The third-order valence-electron chi connectivity index (χ3n) is 3.94. The molecule has 0 spiro atoms. The Morgan fingerprint density at radius 3 is 3.00 bits per heavy atom. The molecule has 20 heavy (non-hydrogen) atoms. The number of nitrogens with zero attached hydrogens (tertiary/aromatic N) is 3. The van der Waals surface area contributed by atoms with Crippen LogP contribution in [0.15, 0.2) is 24.3 Å². The van der Waals surface area contributed by atoms with Crippen molar-refractivity contribution in [1.82, 2.24) is 14.8 Å². The minimum atomic E-state index is 0.553. The van der Waals surface area contributed by atoms with Gasteiger partial charge in [-0.2, -0.15) is 0 Å². The summed E-state index contributed by atoms with van der Waals surface area (Å²) in [6, 6.07) is 8.61. The van der Waals surface area contributed by atoms with Crippen molar-refractivity contribution in [2.24, 2.45) is 0 Å². The van der Waals surface area contributed by atoms with E-state index in [2.05, 4.69) is 58.2 Å². The Labute approximate surface area is 120 Å². The van der Waals surface area contributed by atoms with Gasteiger partial charge in [0.25, 0.3) is 0 Å². The second kappa shape index (κ2) is 5.65. The molecule has 106 valence electrons. The van der Waals surface area contributed by atoms with Crippen LogP contribution in [-0.4, -0.2) is 14.8 Å². The minimum absolute atomic E-state index is 0.553. The standard InChI is InChI=1S/C16H22N4/c1-12(2)13-6-5-7-14(10-13)17-11-16-19-18-15-8-3-4-9-20(15)16/h5-7,10,12,17H,3-4,8-9,11H2,1-2H3. The van der Waals surface area contributed by atoms with Gasteiger partial charge in [0, 0.05) is 18.7 Å². The monoisotopic (exact) mass is 270 g/mol. The van der Waals surface area contributed by atoms with Crippen molar-refractivity contribution in [2.45, 2.75) is 52.1 Å². The summed E-state index contributed by atoms with van der Waals surface area (Å²) in [5.74, 6) is 2.75. The number of aromatic nitrogens is 3. The van der Waals surface area contributed by atoms with Gasteiger partial charge in [0.05, 0.1) is 6.54 Å². The van der Waals surface area contributed by atoms with E-state index in [1.165, 1.54) is 18.4 Å². The Hall–Kier alpha value is -1.84. The van der Waals surface area contributed by atoms with Gasteiger partial charge in [-0.15, -0.1) is 10.2 Å². The van der Waals surface area contributed by atoms with Crippen LogP contribution in [0.2, 0.25) is 0 Å². The SMILES string of the molecule is CC(C)c1cccc(NCc2nnc3n2CCCC3)c1. The zero-order valence-electron chi connectivity index (χ0n) is 12.3. The molecule has 4 nitrogen and oxygen atoms in total. The molecule has 1 N–H and O–H groups in total. The lowest BCUT2D eigenvalue weighted by Gasteiger charge is -2.15. The third-order valence-corrected chi connectivity index (χ3v) is 3.94. The first-order valence-corrected chi connectivity index (χ1v) is 7.49. The lowest BCUT2D eigenvalue weighted by atomic mass is 10.0. The number of fused-ring (bicyclic) bond motifs is 1. The van der Waals surface area contributed by atoms with Crippen LogP contribution in [-0.2, 0) is 19.5 Å². The fourth-order valence-corrected chi connectivity index (χ4v) is 2.69. The molecule has 0 amide bonds. The average Bonchev–Trinajstić information content (AvgIpc) is 2.89. The summed E-state index contributed by atoms with van der Waals surface area (Å²) >= 11 is 0. The number of rotatable bonds is 4. The molecule has 1 aliphatic rings. The molecule has 0 atom stereocenters. The van der Waals surface area contributed by atoms with Gasteiger partial charge in [-0.25, -0.2) is 0 Å². The molecule has 0 saturated carbocycles. The quantitative estimate of drug-likeness (QED) is 0.926. The van der Waals surface area contributed by atoms with Gasteiger partial charge >= 0.3 is 0 Å². The van der Waals surface area contributed by atoms with Crippen molar-refractivity contribution in [3.63, 3.8) is 0 Å². The molecule has 2 heterocycles. The predicted molar refractivity (Wildman–Crippen MR) is 80.8 cm³/mol. The summed E-state index contributed by atoms with van der Waals surface area (Å²) in [5.41, 5.74) is 2.52. The Morgan fingerprint density at radius 2 is 2.15 bits per heavy atom. The molecule has 0 radical (unpaired) electrons. The number of aryl methyl sites for hydroxylation is 1. The predicted octanol–water partition coefficient (Wildman–Crippen LogP) is 3.35. The maximum atomic E-state index is 4.32. The maximum Gasteiger partial charge on any atom is 0.152 e. The third kappa shape index (κ3) is 2.69. The van der Waals surface area contributed by atoms with Crippen LogP contribution >= 0.6 is 0 Å². The maximum absolute atomic E-state index is 4.32. The van der Waals surface area contributed by atoms with Crippen molar-refractivity contribution >= 4 is 5.69 Å². The van der Waals surface area contributed by atoms with Crippen molar-refractivity contribution in [1.29, 1.82) is 0 Å². The molecule has 2 aromatic rings. The smallest absolute Gasteiger partial charge is 0.152 e. The molecule has 1 aliphatic heterocycles. The van der Waals surface area contributed by atoms with Crippen LogP contribution in [0.25, 0.3) is 0 Å². The normalized spacial score (nSPS) is 14.3. The highest BCUT2D eigenvalue weighted by molar-refractivity contribution is 5.46. The lowest BCUT2D eigenvalue weighted by Crippen LogP contribution is -2.15. The number of anilines is 1. The molecule has 1 aromatic carbocycles. The van der Waals surface area contributed by atoms with Crippen LogP contribution in [0.3, 0.4) is 0 Å². The van der Waals surface area contributed by atoms with E-state index < -0.39 is 0 Å². The Kier molecular flexibility index (Phi) is 3.72. The van der Waals surface area contributed by atoms with E-state index >= 15 is 0 Å². The molecule has 0 fully saturated rings. The van der Waals surface area contributed by atoms with Crippen molar-refractivity contribution in [2.75, 3.05) is 5.32 Å². The molecule has 0 saturated heterocycles. The summed E-state index contributed by atoms with van der Waals surface area (Å²) in [6.07, 6.45) is 3.54. The number of hydrogen-bond acceptors (Lipinski definition) is 3. The molecule has 0 unspecified atom stereocenters. The van der Waals surface area contributed by atoms with Gasteiger partial charge in [-0.05, 0) is 36.5 Å². The first kappa shape index (κ1) is 13.2. The van der Waals surface area contributed by atoms with E-state index in [9.17, 15) is 0 Å². The molecule has 3 rings (SSSR count). The number of benzene rings is 1. The van der Waals surface area contributed by atoms with E-state index in [1.54, 1.807) is 0 Å². The van der Waals surface area contributed by atoms with E-state index in [-0.39, 0.29) is 0 Å². The number of nitrogens with one attached hydrogen (secondary N) is 1. The zero-order valence-corrected chi connectivity index (χ0v) is 12.3. The second-order valence-electron chi connectivity index (χ2n) is 5.77. The Bertz CT molecular complexity index is 586. The van der Waals surface area contributed by atoms with Crippen molar-refractivity contribution in [3.05, 3.63) is 41.5 Å². The molecule has 1 aromatic heterocycles. The molecule has 0 aliphatic carbocycles. The fraction of sp³-hybridized carbons (Fsp3) is 0.500. The largest absolute Gasteiger partial charge is 0.378 e. The molecular weight excluding hydrogens is 248 g/mol. The first-order valence-electron chi connectivity index (χ1n) is 7.49. The topological polar surface area (TPSA) is 42.7 Å². The zero-order chi connectivity index (χ0) is 13.9. The summed E-state index contributed by atoms with van der Waals surface area (Å²) in [5, 5.41) is 12.1. The Morgan fingerprint density at radius 1 is 1.25 bits per heavy atom. The van der Waals surface area contributed by atoms with Gasteiger partial charge in [0.15, 0.2) is 5.82 Å². The number of hydrogen-bond donors (Lipinski definition) is 1. The highest BCUT2D eigenvalue weighted by Crippen LogP contribution is 2.19. The minimum Gasteiger partial charge on any atom is -0.378 e. The van der Waals surface area contributed by atoms with Crippen LogP contribution < -0.4 is 5.32 Å². The second-order valence-corrected chi connectivity index (χ2v) is 5.77. The molecular formula is C16H22N4. The Balaban J connectivity index is 1.70. The van der Waals surface area contributed by atoms with Crippen LogP contribution in [0.5, 0.6) is 0 Å². The van der Waals surface area contributed by atoms with Gasteiger partial charge in [0.1, 0.15) is 5.82 Å². The van der Waals surface area contributed by atoms with Gasteiger partial charge in [0.2, 0.25) is 0 Å². The van der Waals surface area contributed by atoms with E-state index in [0.717, 1.165) is 36.8 Å². The summed E-state index contributed by atoms with van der Waals surface area (Å²) < 4.78 is 2.27. The van der Waals surface area contributed by atoms with E-state index in [0.29, 0.717) is 5.92 Å². The lowest BCUT2D eigenvalue weighted by molar-refractivity contribution is 0.510. The first-order chi connectivity index (χ1) is 9.74. The van der Waals surface area contributed by atoms with Gasteiger partial charge < -0.3 is 9.88 Å². The van der Waals surface area contributed by atoms with Gasteiger partial charge in [-0.1, -0.05) is 26.0 Å². The summed E-state index contributed by atoms with van der Waals surface area (Å²) in [6.45, 7) is 6.24. The summed E-state index contributed by atoms with van der Waals surface area (Å²) in [4.78, 5) is 0. The average molecular weight is 270 g/mol. The molecule has 0 bridgehead atoms. The fourth-order valence-electron chi connectivity index (χ4n) is 2.69. The van der Waals surface area contributed by atoms with E-state index in [4.69, 9.17) is 0 Å².